The van der Waals surface area contributed by atoms with Crippen LogP contribution in [0.3, 0.4) is 0 Å². The molecule has 1 aromatic heterocycles. The summed E-state index contributed by atoms with van der Waals surface area (Å²) in [6.45, 7) is 10.8. The molecule has 8 nitrogen and oxygen atoms in total. The number of nitrogens with two attached hydrogens (primary N) is 1. The first-order valence-electron chi connectivity index (χ1n) is 9.22. The van der Waals surface area contributed by atoms with Gasteiger partial charge in [-0.1, -0.05) is 0 Å². The third-order valence-electron chi connectivity index (χ3n) is 4.56. The fourth-order valence-corrected chi connectivity index (χ4v) is 3.23. The average molecular weight is 373 g/mol. The molecule has 0 saturated carbocycles. The Morgan fingerprint density at radius 3 is 2.41 bits per heavy atom. The Morgan fingerprint density at radius 2 is 1.85 bits per heavy atom. The Kier molecular flexibility index (Phi) is 4.99. The number of rotatable bonds is 3. The van der Waals surface area contributed by atoms with Crippen molar-refractivity contribution in [2.45, 2.75) is 39.8 Å². The number of carbonyl (C=O) groups excluding carboxylic acids is 2. The van der Waals surface area contributed by atoms with Gasteiger partial charge < -0.3 is 20.3 Å². The van der Waals surface area contributed by atoms with E-state index in [-0.39, 0.29) is 6.09 Å². The normalized spacial score (nSPS) is 15.3. The largest absolute Gasteiger partial charge is 0.444 e. The van der Waals surface area contributed by atoms with Crippen LogP contribution in [0.4, 0.5) is 10.5 Å². The summed E-state index contributed by atoms with van der Waals surface area (Å²) in [5.41, 5.74) is 7.05. The second-order valence-corrected chi connectivity index (χ2v) is 7.70. The number of carbonyl (C=O) groups is 2. The van der Waals surface area contributed by atoms with Crippen molar-refractivity contribution in [2.24, 2.45) is 5.73 Å². The average Bonchev–Trinajstić information content (AvgIpc) is 3.03. The number of aromatic nitrogens is 2. The molecule has 3 rings (SSSR count). The van der Waals surface area contributed by atoms with Crippen LogP contribution >= 0.6 is 0 Å². The molecule has 0 aliphatic carbocycles. The molecular weight excluding hydrogens is 346 g/mol. The predicted octanol–water partition coefficient (Wildman–Crippen LogP) is 2.21. The molecule has 0 spiro atoms. The fraction of sp³-hybridized carbons (Fsp3) is 0.526. The lowest BCUT2D eigenvalue weighted by molar-refractivity contribution is 0.0240. The zero-order valence-corrected chi connectivity index (χ0v) is 16.4. The Bertz CT molecular complexity index is 860. The molecule has 27 heavy (non-hydrogen) atoms. The molecule has 0 unspecified atom stereocenters. The lowest BCUT2D eigenvalue weighted by Gasteiger charge is -2.37. The summed E-state index contributed by atoms with van der Waals surface area (Å²) in [5.74, 6) is -0.484. The molecule has 0 radical (unpaired) electrons. The monoisotopic (exact) mass is 373 g/mol. The van der Waals surface area contributed by atoms with Gasteiger partial charge in [0.1, 0.15) is 11.1 Å². The number of anilines is 1. The third kappa shape index (κ3) is 3.99. The van der Waals surface area contributed by atoms with Crippen molar-refractivity contribution in [1.82, 2.24) is 14.7 Å². The summed E-state index contributed by atoms with van der Waals surface area (Å²) in [5, 5.41) is 5.40. The number of primary amides is 1. The summed E-state index contributed by atoms with van der Waals surface area (Å²) in [6.07, 6.45) is 1.66. The molecule has 1 aromatic carbocycles. The van der Waals surface area contributed by atoms with E-state index in [1.54, 1.807) is 15.6 Å². The van der Waals surface area contributed by atoms with Gasteiger partial charge >= 0.3 is 6.09 Å². The van der Waals surface area contributed by atoms with Crippen molar-refractivity contribution < 1.29 is 14.3 Å². The number of aryl methyl sites for hydroxylation is 1. The summed E-state index contributed by atoms with van der Waals surface area (Å²) in [6, 6.07) is 3.64. The van der Waals surface area contributed by atoms with Crippen LogP contribution in [0.1, 0.15) is 38.1 Å². The van der Waals surface area contributed by atoms with E-state index >= 15 is 0 Å². The molecule has 2 amide bonds. The number of hydrogen-bond donors (Lipinski definition) is 1. The molecule has 1 aliphatic heterocycles. The van der Waals surface area contributed by atoms with Crippen LogP contribution in [0.5, 0.6) is 0 Å². The van der Waals surface area contributed by atoms with Crippen LogP contribution in [-0.2, 0) is 11.3 Å². The van der Waals surface area contributed by atoms with Crippen LogP contribution in [-0.4, -0.2) is 58.5 Å². The lowest BCUT2D eigenvalue weighted by atomic mass is 10.1. The third-order valence-corrected chi connectivity index (χ3v) is 4.56. The molecule has 0 bridgehead atoms. The molecule has 2 N–H and O–H groups in total. The van der Waals surface area contributed by atoms with Crippen molar-refractivity contribution in [3.63, 3.8) is 0 Å². The van der Waals surface area contributed by atoms with Gasteiger partial charge in [0.2, 0.25) is 0 Å². The number of piperazine rings is 1. The van der Waals surface area contributed by atoms with E-state index in [4.69, 9.17) is 10.5 Å². The second kappa shape index (κ2) is 7.09. The first kappa shape index (κ1) is 19.0. The predicted molar refractivity (Wildman–Crippen MR) is 104 cm³/mol. The molecule has 1 saturated heterocycles. The van der Waals surface area contributed by atoms with Gasteiger partial charge in [0.05, 0.1) is 5.56 Å². The van der Waals surface area contributed by atoms with Gasteiger partial charge in [0, 0.05) is 50.0 Å². The number of fused-ring (bicyclic) bond motifs is 1. The Morgan fingerprint density at radius 1 is 1.19 bits per heavy atom. The highest BCUT2D eigenvalue weighted by atomic mass is 16.6. The fourth-order valence-electron chi connectivity index (χ4n) is 3.23. The summed E-state index contributed by atoms with van der Waals surface area (Å²) < 4.78 is 7.26. The van der Waals surface area contributed by atoms with Crippen LogP contribution in [0.2, 0.25) is 0 Å². The van der Waals surface area contributed by atoms with Crippen LogP contribution < -0.4 is 10.6 Å². The molecule has 1 fully saturated rings. The van der Waals surface area contributed by atoms with E-state index in [2.05, 4.69) is 10.00 Å². The summed E-state index contributed by atoms with van der Waals surface area (Å²) >= 11 is 0. The highest BCUT2D eigenvalue weighted by Gasteiger charge is 2.27. The number of hydrogen-bond acceptors (Lipinski definition) is 5. The maximum absolute atomic E-state index is 12.3. The minimum Gasteiger partial charge on any atom is -0.444 e. The minimum atomic E-state index is -0.500. The van der Waals surface area contributed by atoms with Gasteiger partial charge in [-0.25, -0.2) is 4.79 Å². The zero-order valence-electron chi connectivity index (χ0n) is 16.4. The van der Waals surface area contributed by atoms with Crippen LogP contribution in [0.25, 0.3) is 10.9 Å². The minimum absolute atomic E-state index is 0.282. The molecule has 1 aliphatic rings. The number of ether oxygens (including phenoxy) is 1. The van der Waals surface area contributed by atoms with Gasteiger partial charge in [-0.05, 0) is 39.8 Å². The summed E-state index contributed by atoms with van der Waals surface area (Å²) in [7, 11) is 0. The highest BCUT2D eigenvalue weighted by molar-refractivity contribution is 6.08. The highest BCUT2D eigenvalue weighted by Crippen LogP contribution is 2.30. The van der Waals surface area contributed by atoms with E-state index in [0.29, 0.717) is 43.8 Å². The first-order valence-corrected chi connectivity index (χ1v) is 9.22. The van der Waals surface area contributed by atoms with Gasteiger partial charge in [-0.3, -0.25) is 9.48 Å². The maximum Gasteiger partial charge on any atom is 0.410 e. The van der Waals surface area contributed by atoms with Crippen molar-refractivity contribution in [3.05, 3.63) is 23.9 Å². The Labute approximate surface area is 158 Å². The van der Waals surface area contributed by atoms with Crippen molar-refractivity contribution in [2.75, 3.05) is 31.1 Å². The Balaban J connectivity index is 1.81. The van der Waals surface area contributed by atoms with Crippen molar-refractivity contribution in [1.29, 1.82) is 0 Å². The topological polar surface area (TPSA) is 93.7 Å². The van der Waals surface area contributed by atoms with Gasteiger partial charge in [0.15, 0.2) is 0 Å². The molecular formula is C19H27N5O3. The molecule has 146 valence electrons. The maximum atomic E-state index is 12.3. The SMILES string of the molecule is CCn1cc2c(N3CCN(C(=O)OC(C)(C)C)CC3)ccc(C(N)=O)c2n1. The van der Waals surface area contributed by atoms with E-state index in [0.717, 1.165) is 11.1 Å². The van der Waals surface area contributed by atoms with Crippen molar-refractivity contribution >= 4 is 28.6 Å². The Hall–Kier alpha value is -2.77. The molecule has 0 atom stereocenters. The van der Waals surface area contributed by atoms with E-state index in [1.807, 2.05) is 40.0 Å². The van der Waals surface area contributed by atoms with Gasteiger partial charge in [-0.2, -0.15) is 5.10 Å². The second-order valence-electron chi connectivity index (χ2n) is 7.70. The molecule has 2 aromatic rings. The smallest absolute Gasteiger partial charge is 0.410 e. The number of nitrogens with zero attached hydrogens (tertiary/aromatic N) is 4. The lowest BCUT2D eigenvalue weighted by Crippen LogP contribution is -2.50. The van der Waals surface area contributed by atoms with E-state index in [9.17, 15) is 9.59 Å². The summed E-state index contributed by atoms with van der Waals surface area (Å²) in [4.78, 5) is 27.9. The number of amides is 2. The van der Waals surface area contributed by atoms with E-state index < -0.39 is 11.5 Å². The van der Waals surface area contributed by atoms with Crippen molar-refractivity contribution in [3.8, 4) is 0 Å². The first-order chi connectivity index (χ1) is 12.7. The molecule has 8 heteroatoms. The van der Waals surface area contributed by atoms with Crippen LogP contribution in [0.15, 0.2) is 18.3 Å². The molecule has 2 heterocycles. The zero-order chi connectivity index (χ0) is 19.8. The van der Waals surface area contributed by atoms with E-state index in [1.165, 1.54) is 0 Å². The van der Waals surface area contributed by atoms with Gasteiger partial charge in [-0.15, -0.1) is 0 Å². The van der Waals surface area contributed by atoms with Gasteiger partial charge in [0.25, 0.3) is 5.91 Å². The van der Waals surface area contributed by atoms with Crippen LogP contribution in [0, 0.1) is 0 Å². The number of benzene rings is 1. The quantitative estimate of drug-likeness (QED) is 0.890. The standard InChI is InChI=1S/C19H27N5O3/c1-5-24-12-14-15(7-6-13(17(20)25)16(14)21-24)22-8-10-23(11-9-22)18(26)27-19(2,3)4/h6-7,12H,5,8-11H2,1-4H3,(H2,20,25).